The molecule has 0 spiro atoms. The first kappa shape index (κ1) is 19.5. The summed E-state index contributed by atoms with van der Waals surface area (Å²) in [5.41, 5.74) is 2.12. The van der Waals surface area contributed by atoms with Crippen LogP contribution in [0.3, 0.4) is 0 Å². The van der Waals surface area contributed by atoms with E-state index in [4.69, 9.17) is 4.74 Å². The predicted molar refractivity (Wildman–Crippen MR) is 105 cm³/mol. The van der Waals surface area contributed by atoms with Crippen LogP contribution in [0.1, 0.15) is 22.0 Å². The van der Waals surface area contributed by atoms with Gasteiger partial charge in [-0.05, 0) is 23.9 Å². The van der Waals surface area contributed by atoms with Gasteiger partial charge in [0, 0.05) is 31.1 Å². The lowest BCUT2D eigenvalue weighted by molar-refractivity contribution is -0.139. The number of rotatable bonds is 6. The molecular weight excluding hydrogens is 362 g/mol. The smallest absolute Gasteiger partial charge is 0.309 e. The van der Waals surface area contributed by atoms with Gasteiger partial charge in [0.05, 0.1) is 19.3 Å². The number of carbonyl (C=O) groups is 2. The van der Waals surface area contributed by atoms with Crippen molar-refractivity contribution >= 4 is 23.2 Å². The number of carbonyl (C=O) groups excluding carboxylic acids is 2. The Morgan fingerprint density at radius 1 is 1.11 bits per heavy atom. The molecule has 0 bridgehead atoms. The van der Waals surface area contributed by atoms with E-state index in [9.17, 15) is 9.59 Å². The molecule has 1 aromatic carbocycles. The van der Waals surface area contributed by atoms with E-state index in [0.717, 1.165) is 24.2 Å². The molecule has 1 aliphatic rings. The number of aryl methyl sites for hydroxylation is 1. The van der Waals surface area contributed by atoms with Crippen LogP contribution >= 0.6 is 11.3 Å². The minimum atomic E-state index is -0.609. The fourth-order valence-electron chi connectivity index (χ4n) is 3.02. The summed E-state index contributed by atoms with van der Waals surface area (Å²) in [6, 6.07) is 12.0. The van der Waals surface area contributed by atoms with Gasteiger partial charge in [-0.3, -0.25) is 14.5 Å². The molecule has 144 valence electrons. The number of hydrogen-bond donors (Lipinski definition) is 2. The molecule has 1 unspecified atom stereocenters. The molecule has 6 nitrogen and oxygen atoms in total. The number of morpholine rings is 1. The Bertz CT molecular complexity index is 740. The molecule has 2 N–H and O–H groups in total. The Hall–Kier alpha value is -2.22. The van der Waals surface area contributed by atoms with Crippen molar-refractivity contribution in [3.05, 3.63) is 57.8 Å². The quantitative estimate of drug-likeness (QED) is 0.743. The molecule has 7 heteroatoms. The average Bonchev–Trinajstić information content (AvgIpc) is 3.22. The summed E-state index contributed by atoms with van der Waals surface area (Å²) in [5.74, 6) is -1.21. The van der Waals surface area contributed by atoms with Crippen molar-refractivity contribution in [2.45, 2.75) is 19.5 Å². The fraction of sp³-hybridized carbons (Fsp3) is 0.400. The molecule has 2 heterocycles. The molecule has 1 fully saturated rings. The summed E-state index contributed by atoms with van der Waals surface area (Å²) in [6.45, 7) is 5.76. The molecule has 2 aromatic rings. The van der Waals surface area contributed by atoms with E-state index in [-0.39, 0.29) is 6.04 Å². The van der Waals surface area contributed by atoms with Gasteiger partial charge < -0.3 is 15.4 Å². The molecule has 1 aliphatic heterocycles. The summed E-state index contributed by atoms with van der Waals surface area (Å²) in [6.07, 6.45) is 0. The zero-order valence-electron chi connectivity index (χ0n) is 15.4. The van der Waals surface area contributed by atoms with Crippen LogP contribution in [0.25, 0.3) is 0 Å². The van der Waals surface area contributed by atoms with Gasteiger partial charge in [-0.25, -0.2) is 0 Å². The van der Waals surface area contributed by atoms with Crippen molar-refractivity contribution in [2.75, 3.05) is 32.8 Å². The van der Waals surface area contributed by atoms with Crippen molar-refractivity contribution in [3.63, 3.8) is 0 Å². The number of hydrogen-bond acceptors (Lipinski definition) is 5. The zero-order valence-corrected chi connectivity index (χ0v) is 16.3. The van der Waals surface area contributed by atoms with Crippen LogP contribution in [-0.2, 0) is 20.9 Å². The molecule has 1 atom stereocenters. The Morgan fingerprint density at radius 2 is 1.81 bits per heavy atom. The van der Waals surface area contributed by atoms with Gasteiger partial charge in [0.2, 0.25) is 0 Å². The third-order valence-electron chi connectivity index (χ3n) is 4.59. The lowest BCUT2D eigenvalue weighted by Gasteiger charge is -2.34. The number of thiophene rings is 1. The summed E-state index contributed by atoms with van der Waals surface area (Å²) in [5, 5.41) is 7.49. The molecule has 1 aromatic heterocycles. The van der Waals surface area contributed by atoms with Crippen LogP contribution < -0.4 is 10.6 Å². The van der Waals surface area contributed by atoms with Gasteiger partial charge in [-0.2, -0.15) is 0 Å². The van der Waals surface area contributed by atoms with Crippen molar-refractivity contribution < 1.29 is 14.3 Å². The second kappa shape index (κ2) is 9.64. The highest BCUT2D eigenvalue weighted by Crippen LogP contribution is 2.25. The third-order valence-corrected chi connectivity index (χ3v) is 5.57. The van der Waals surface area contributed by atoms with Crippen LogP contribution in [0.4, 0.5) is 0 Å². The van der Waals surface area contributed by atoms with Gasteiger partial charge in [0.25, 0.3) is 0 Å². The zero-order chi connectivity index (χ0) is 19.1. The van der Waals surface area contributed by atoms with E-state index in [1.807, 2.05) is 42.6 Å². The third kappa shape index (κ3) is 5.63. The van der Waals surface area contributed by atoms with Gasteiger partial charge in [-0.15, -0.1) is 11.3 Å². The lowest BCUT2D eigenvalue weighted by atomic mass is 10.1. The van der Waals surface area contributed by atoms with Gasteiger partial charge in [0.1, 0.15) is 0 Å². The highest BCUT2D eigenvalue weighted by molar-refractivity contribution is 7.10. The van der Waals surface area contributed by atoms with Crippen molar-refractivity contribution in [2.24, 2.45) is 0 Å². The van der Waals surface area contributed by atoms with E-state index in [2.05, 4.69) is 21.6 Å². The predicted octanol–water partition coefficient (Wildman–Crippen LogP) is 1.86. The number of ether oxygens (including phenoxy) is 1. The first-order chi connectivity index (χ1) is 13.1. The molecular formula is C20H25N3O3S. The second-order valence-corrected chi connectivity index (χ2v) is 7.54. The lowest BCUT2D eigenvalue weighted by Crippen LogP contribution is -2.46. The summed E-state index contributed by atoms with van der Waals surface area (Å²) in [4.78, 5) is 27.8. The summed E-state index contributed by atoms with van der Waals surface area (Å²) >= 11 is 1.66. The molecule has 3 rings (SSSR count). The maximum Gasteiger partial charge on any atom is 0.309 e. The first-order valence-corrected chi connectivity index (χ1v) is 9.98. The number of nitrogens with zero attached hydrogens (tertiary/aromatic N) is 1. The van der Waals surface area contributed by atoms with Crippen LogP contribution in [0.15, 0.2) is 41.8 Å². The molecule has 0 aliphatic carbocycles. The Balaban J connectivity index is 1.52. The van der Waals surface area contributed by atoms with Crippen molar-refractivity contribution in [1.82, 2.24) is 15.5 Å². The van der Waals surface area contributed by atoms with E-state index < -0.39 is 11.8 Å². The number of nitrogens with one attached hydrogen (secondary N) is 2. The average molecular weight is 388 g/mol. The number of benzene rings is 1. The fourth-order valence-corrected chi connectivity index (χ4v) is 3.88. The topological polar surface area (TPSA) is 70.7 Å². The van der Waals surface area contributed by atoms with Crippen molar-refractivity contribution in [1.29, 1.82) is 0 Å². The van der Waals surface area contributed by atoms with Gasteiger partial charge >= 0.3 is 11.8 Å². The SMILES string of the molecule is Cc1ccc(CNC(=O)C(=O)NCC(c2cccs2)N2CCOCC2)cc1. The van der Waals surface area contributed by atoms with Crippen molar-refractivity contribution in [3.8, 4) is 0 Å². The maximum absolute atomic E-state index is 12.2. The highest BCUT2D eigenvalue weighted by Gasteiger charge is 2.25. The Labute approximate surface area is 163 Å². The highest BCUT2D eigenvalue weighted by atomic mass is 32.1. The standard InChI is InChI=1S/C20H25N3O3S/c1-15-4-6-16(7-5-15)13-21-19(24)20(25)22-14-17(18-3-2-12-27-18)23-8-10-26-11-9-23/h2-7,12,17H,8-11,13-14H2,1H3,(H,21,24)(H,22,25). The van der Waals surface area contributed by atoms with Gasteiger partial charge in [0.15, 0.2) is 0 Å². The van der Waals surface area contributed by atoms with Crippen LogP contribution in [0.2, 0.25) is 0 Å². The summed E-state index contributed by atoms with van der Waals surface area (Å²) in [7, 11) is 0. The van der Waals surface area contributed by atoms with Gasteiger partial charge in [-0.1, -0.05) is 35.9 Å². The van der Waals surface area contributed by atoms with E-state index in [1.54, 1.807) is 11.3 Å². The van der Waals surface area contributed by atoms with E-state index in [0.29, 0.717) is 26.3 Å². The van der Waals surface area contributed by atoms with E-state index >= 15 is 0 Å². The maximum atomic E-state index is 12.2. The normalized spacial score (nSPS) is 15.9. The minimum absolute atomic E-state index is 0.0581. The van der Waals surface area contributed by atoms with E-state index in [1.165, 1.54) is 4.88 Å². The molecule has 1 saturated heterocycles. The molecule has 0 saturated carbocycles. The second-order valence-electron chi connectivity index (χ2n) is 6.56. The molecule has 27 heavy (non-hydrogen) atoms. The first-order valence-electron chi connectivity index (χ1n) is 9.10. The Kier molecular flexibility index (Phi) is 6.98. The minimum Gasteiger partial charge on any atom is -0.379 e. The largest absolute Gasteiger partial charge is 0.379 e. The monoisotopic (exact) mass is 387 g/mol. The molecule has 2 amide bonds. The van der Waals surface area contributed by atoms with Crippen LogP contribution in [0.5, 0.6) is 0 Å². The van der Waals surface area contributed by atoms with Crippen LogP contribution in [0, 0.1) is 6.92 Å². The molecule has 0 radical (unpaired) electrons. The number of amides is 2. The van der Waals surface area contributed by atoms with Crippen LogP contribution in [-0.4, -0.2) is 49.6 Å². The Morgan fingerprint density at radius 3 is 2.48 bits per heavy atom. The summed E-state index contributed by atoms with van der Waals surface area (Å²) < 4.78 is 5.42.